The minimum atomic E-state index is -3.56. The van der Waals surface area contributed by atoms with Crippen LogP contribution in [-0.4, -0.2) is 44.9 Å². The molecule has 8 heteroatoms. The topological polar surface area (TPSA) is 92.5 Å². The Kier molecular flexibility index (Phi) is 7.01. The van der Waals surface area contributed by atoms with Crippen molar-refractivity contribution in [3.05, 3.63) is 29.3 Å². The van der Waals surface area contributed by atoms with E-state index in [9.17, 15) is 13.2 Å². The first-order chi connectivity index (χ1) is 10.3. The Morgan fingerprint density at radius 3 is 2.48 bits per heavy atom. The Bertz CT molecular complexity index is 664. The van der Waals surface area contributed by atoms with E-state index in [-0.39, 0.29) is 35.8 Å². The van der Waals surface area contributed by atoms with Gasteiger partial charge < -0.3 is 10.6 Å². The van der Waals surface area contributed by atoms with Gasteiger partial charge in [-0.3, -0.25) is 4.79 Å². The third-order valence-electron chi connectivity index (χ3n) is 3.95. The molecule has 0 bridgehead atoms. The number of carbonyl (C=O) groups excluding carboxylic acids is 1. The van der Waals surface area contributed by atoms with E-state index in [0.29, 0.717) is 19.5 Å². The fourth-order valence-corrected chi connectivity index (χ4v) is 3.87. The van der Waals surface area contributed by atoms with Gasteiger partial charge in [0.05, 0.1) is 4.90 Å². The number of hydrogen-bond acceptors (Lipinski definition) is 4. The smallest absolute Gasteiger partial charge is 0.240 e. The van der Waals surface area contributed by atoms with Crippen LogP contribution in [0.4, 0.5) is 0 Å². The lowest BCUT2D eigenvalue weighted by Gasteiger charge is -2.17. The van der Waals surface area contributed by atoms with Gasteiger partial charge in [0.2, 0.25) is 15.9 Å². The number of amides is 1. The minimum absolute atomic E-state index is 0. The molecule has 0 aromatic heterocycles. The number of fused-ring (bicyclic) bond motifs is 1. The van der Waals surface area contributed by atoms with Crippen LogP contribution in [0.3, 0.4) is 0 Å². The van der Waals surface area contributed by atoms with Gasteiger partial charge in [-0.15, -0.1) is 12.4 Å². The Morgan fingerprint density at radius 1 is 1.30 bits per heavy atom. The van der Waals surface area contributed by atoms with E-state index in [2.05, 4.69) is 4.72 Å². The van der Waals surface area contributed by atoms with Crippen LogP contribution in [0.2, 0.25) is 0 Å². The largest absolute Gasteiger partial charge is 0.342 e. The van der Waals surface area contributed by atoms with Crippen molar-refractivity contribution in [1.82, 2.24) is 9.62 Å². The van der Waals surface area contributed by atoms with Crippen molar-refractivity contribution in [2.45, 2.75) is 37.6 Å². The summed E-state index contributed by atoms with van der Waals surface area (Å²) in [5.41, 5.74) is 7.57. The van der Waals surface area contributed by atoms with Crippen LogP contribution >= 0.6 is 12.4 Å². The molecule has 130 valence electrons. The summed E-state index contributed by atoms with van der Waals surface area (Å²) in [5, 5.41) is 0. The predicted molar refractivity (Wildman–Crippen MR) is 92.2 cm³/mol. The molecule has 0 fully saturated rings. The molecule has 0 saturated heterocycles. The molecule has 3 N–H and O–H groups in total. The monoisotopic (exact) mass is 361 g/mol. The maximum absolute atomic E-state index is 12.3. The molecular formula is C15H24ClN3O3S. The molecular weight excluding hydrogens is 338 g/mol. The fraction of sp³-hybridized carbons (Fsp3) is 0.533. The highest BCUT2D eigenvalue weighted by atomic mass is 35.5. The van der Waals surface area contributed by atoms with Crippen molar-refractivity contribution in [3.63, 3.8) is 0 Å². The van der Waals surface area contributed by atoms with Crippen LogP contribution in [0, 0.1) is 0 Å². The molecule has 0 radical (unpaired) electrons. The molecule has 1 heterocycles. The van der Waals surface area contributed by atoms with Gasteiger partial charge in [0.25, 0.3) is 0 Å². The Morgan fingerprint density at radius 2 is 1.91 bits per heavy atom. The number of rotatable bonds is 4. The summed E-state index contributed by atoms with van der Waals surface area (Å²) < 4.78 is 27.2. The molecule has 6 nitrogen and oxygen atoms in total. The zero-order valence-electron chi connectivity index (χ0n) is 13.4. The molecule has 1 aliphatic heterocycles. The minimum Gasteiger partial charge on any atom is -0.342 e. The lowest BCUT2D eigenvalue weighted by atomic mass is 10.0. The highest BCUT2D eigenvalue weighted by Gasteiger charge is 2.20. The third kappa shape index (κ3) is 4.91. The van der Waals surface area contributed by atoms with Gasteiger partial charge in [0.1, 0.15) is 0 Å². The number of nitrogens with zero attached hydrogens (tertiary/aromatic N) is 1. The van der Waals surface area contributed by atoms with E-state index >= 15 is 0 Å². The van der Waals surface area contributed by atoms with Crippen LogP contribution in [-0.2, 0) is 27.7 Å². The average molecular weight is 362 g/mol. The molecule has 1 aliphatic rings. The summed E-state index contributed by atoms with van der Waals surface area (Å²) in [7, 11) is -3.56. The first kappa shape index (κ1) is 19.9. The summed E-state index contributed by atoms with van der Waals surface area (Å²) in [4.78, 5) is 13.5. The van der Waals surface area contributed by atoms with E-state index in [0.717, 1.165) is 17.5 Å². The Balaban J connectivity index is 0.00000264. The number of sulfonamides is 1. The van der Waals surface area contributed by atoms with Gasteiger partial charge in [-0.25, -0.2) is 13.1 Å². The molecule has 1 aromatic carbocycles. The van der Waals surface area contributed by atoms with E-state index in [4.69, 9.17) is 5.73 Å². The van der Waals surface area contributed by atoms with E-state index < -0.39 is 10.0 Å². The normalized spacial score (nSPS) is 16.0. The molecule has 0 saturated carbocycles. The summed E-state index contributed by atoms with van der Waals surface area (Å²) in [6, 6.07) is 4.87. The van der Waals surface area contributed by atoms with Crippen LogP contribution in [0.15, 0.2) is 23.1 Å². The van der Waals surface area contributed by atoms with Gasteiger partial charge in [-0.1, -0.05) is 6.07 Å². The van der Waals surface area contributed by atoms with Gasteiger partial charge in [0.15, 0.2) is 0 Å². The second kappa shape index (κ2) is 8.10. The van der Waals surface area contributed by atoms with Crippen molar-refractivity contribution in [1.29, 1.82) is 0 Å². The van der Waals surface area contributed by atoms with Crippen molar-refractivity contribution in [2.75, 3.05) is 19.6 Å². The third-order valence-corrected chi connectivity index (χ3v) is 5.53. The van der Waals surface area contributed by atoms with Crippen molar-refractivity contribution in [3.8, 4) is 0 Å². The highest BCUT2D eigenvalue weighted by molar-refractivity contribution is 7.89. The highest BCUT2D eigenvalue weighted by Crippen LogP contribution is 2.20. The summed E-state index contributed by atoms with van der Waals surface area (Å²) in [6.07, 6.45) is 1.42. The summed E-state index contributed by atoms with van der Waals surface area (Å²) >= 11 is 0. The summed E-state index contributed by atoms with van der Waals surface area (Å²) in [6.45, 7) is 4.84. The van der Waals surface area contributed by atoms with E-state index in [1.807, 2.05) is 6.07 Å². The molecule has 0 unspecified atom stereocenters. The van der Waals surface area contributed by atoms with Crippen LogP contribution in [0.1, 0.15) is 25.0 Å². The Hall–Kier alpha value is -1.15. The fourth-order valence-electron chi connectivity index (χ4n) is 2.56. The van der Waals surface area contributed by atoms with Crippen molar-refractivity contribution in [2.24, 2.45) is 5.73 Å². The number of benzene rings is 1. The quantitative estimate of drug-likeness (QED) is 0.824. The second-order valence-electron chi connectivity index (χ2n) is 5.69. The number of hydrogen-bond donors (Lipinski definition) is 2. The lowest BCUT2D eigenvalue weighted by Crippen LogP contribution is -2.37. The molecule has 0 aliphatic carbocycles. The molecule has 0 spiro atoms. The Labute approximate surface area is 143 Å². The molecule has 23 heavy (non-hydrogen) atoms. The molecule has 1 amide bonds. The number of nitrogens with one attached hydrogen (secondary N) is 1. The SMILES string of the molecule is CC(=O)N1CCc2ccc(S(=O)(=O)N[C@@H](C)CN)cc2CC1.Cl. The molecule has 1 aromatic rings. The van der Waals surface area contributed by atoms with Gasteiger partial charge in [-0.05, 0) is 43.0 Å². The molecule has 2 rings (SSSR count). The first-order valence-electron chi connectivity index (χ1n) is 7.43. The van der Waals surface area contributed by atoms with Crippen LogP contribution in [0.25, 0.3) is 0 Å². The summed E-state index contributed by atoms with van der Waals surface area (Å²) in [5.74, 6) is 0.0547. The van der Waals surface area contributed by atoms with E-state index in [1.165, 1.54) is 0 Å². The zero-order chi connectivity index (χ0) is 16.3. The maximum Gasteiger partial charge on any atom is 0.240 e. The van der Waals surface area contributed by atoms with Gasteiger partial charge in [-0.2, -0.15) is 0 Å². The maximum atomic E-state index is 12.3. The number of nitrogens with two attached hydrogens (primary N) is 1. The van der Waals surface area contributed by atoms with Crippen LogP contribution in [0.5, 0.6) is 0 Å². The standard InChI is InChI=1S/C15H23N3O3S.ClH/c1-11(10-16)17-22(20,21)15-4-3-13-5-7-18(12(2)19)8-6-14(13)9-15;/h3-4,9,11,17H,5-8,10,16H2,1-2H3;1H/t11-;/m0./s1. The first-order valence-corrected chi connectivity index (χ1v) is 8.91. The number of carbonyl (C=O) groups is 1. The molecule has 1 atom stereocenters. The second-order valence-corrected chi connectivity index (χ2v) is 7.41. The predicted octanol–water partition coefficient (Wildman–Crippen LogP) is 0.681. The van der Waals surface area contributed by atoms with Crippen molar-refractivity contribution < 1.29 is 13.2 Å². The zero-order valence-corrected chi connectivity index (χ0v) is 15.0. The van der Waals surface area contributed by atoms with Crippen molar-refractivity contribution >= 4 is 28.3 Å². The van der Waals surface area contributed by atoms with Crippen LogP contribution < -0.4 is 10.5 Å². The van der Waals surface area contributed by atoms with E-state index in [1.54, 1.807) is 30.9 Å². The lowest BCUT2D eigenvalue weighted by molar-refractivity contribution is -0.128. The average Bonchev–Trinajstić information content (AvgIpc) is 2.68. The van der Waals surface area contributed by atoms with Gasteiger partial charge in [0, 0.05) is 32.6 Å². The number of halogens is 1. The van der Waals surface area contributed by atoms with Gasteiger partial charge >= 0.3 is 0 Å².